The van der Waals surface area contributed by atoms with Crippen LogP contribution in [0.25, 0.3) is 0 Å². The molecule has 1 spiro atoms. The maximum atomic E-state index is 14.0. The Kier molecular flexibility index (Phi) is 6.91. The van der Waals surface area contributed by atoms with Crippen molar-refractivity contribution in [2.45, 2.75) is 85.4 Å². The highest BCUT2D eigenvalue weighted by atomic mass is 16.6. The molecule has 3 fully saturated rings. The summed E-state index contributed by atoms with van der Waals surface area (Å²) in [7, 11) is 0. The molecule has 1 saturated heterocycles. The molecule has 2 saturated carbocycles. The second-order valence-corrected chi connectivity index (χ2v) is 16.8. The fraction of sp³-hybridized carbons (Fsp3) is 0.429. The van der Waals surface area contributed by atoms with Crippen LogP contribution in [0.1, 0.15) is 108 Å². The van der Waals surface area contributed by atoms with Crippen LogP contribution in [0.2, 0.25) is 0 Å². The minimum atomic E-state index is -0.901. The average Bonchev–Trinajstić information content (AvgIpc) is 3.44. The third-order valence-electron chi connectivity index (χ3n) is 14.0. The first-order valence-electron chi connectivity index (χ1n) is 17.8. The van der Waals surface area contributed by atoms with Crippen LogP contribution in [0.3, 0.4) is 0 Å². The first-order chi connectivity index (χ1) is 24.7. The summed E-state index contributed by atoms with van der Waals surface area (Å²) in [5.41, 5.74) is -2.44. The van der Waals surface area contributed by atoms with E-state index in [-0.39, 0.29) is 74.1 Å². The average molecular weight is 723 g/mol. The van der Waals surface area contributed by atoms with Crippen molar-refractivity contribution in [2.75, 3.05) is 0 Å². The standard InChI is InChI=1S/C26H30O5.C16H12O6/c1-22(2)17(27)7-9-23(3)16-6-10-24(4)15(14-8-11-30-13-14)12-18-26(24,31-18)25(16,5)21(29)19(28)20(22)23;1-5-3-7(17)9-11(13(5)19)15(21)10-8(18)4-6(2)14(20)12(10)16(9)22/h7-9,11,13,15-16,18,28H,6,10,12H2,1-5H3;3-4,17-20H,1-2H3. The quantitative estimate of drug-likeness (QED) is 0.102. The number of ether oxygens (including phenoxy) is 1. The van der Waals surface area contributed by atoms with Gasteiger partial charge in [-0.15, -0.1) is 0 Å². The number of benzene rings is 2. The van der Waals surface area contributed by atoms with Crippen molar-refractivity contribution in [1.29, 1.82) is 0 Å². The van der Waals surface area contributed by atoms with Crippen molar-refractivity contribution in [3.63, 3.8) is 0 Å². The summed E-state index contributed by atoms with van der Waals surface area (Å²) in [6.07, 6.45) is 9.76. The number of rotatable bonds is 1. The topological polar surface area (TPSA) is 195 Å². The number of hydrogen-bond acceptors (Lipinski definition) is 11. The number of phenolic OH excluding ortho intramolecular Hbond substituents is 4. The van der Waals surface area contributed by atoms with Gasteiger partial charge in [0.2, 0.25) is 17.3 Å². The van der Waals surface area contributed by atoms with E-state index >= 15 is 0 Å². The van der Waals surface area contributed by atoms with E-state index in [1.54, 1.807) is 12.3 Å². The summed E-state index contributed by atoms with van der Waals surface area (Å²) in [4.78, 5) is 51.9. The van der Waals surface area contributed by atoms with E-state index in [4.69, 9.17) is 9.15 Å². The molecular formula is C42H42O11. The minimum absolute atomic E-state index is 0.00527. The van der Waals surface area contributed by atoms with E-state index in [0.717, 1.165) is 31.4 Å². The molecule has 1 aromatic heterocycles. The van der Waals surface area contributed by atoms with Gasteiger partial charge in [0, 0.05) is 10.8 Å². The molecule has 6 aliphatic rings. The van der Waals surface area contributed by atoms with Crippen LogP contribution >= 0.6 is 0 Å². The van der Waals surface area contributed by atoms with E-state index in [0.29, 0.717) is 5.57 Å². The normalized spacial score (nSPS) is 34.3. The first kappa shape index (κ1) is 34.9. The van der Waals surface area contributed by atoms with Crippen LogP contribution < -0.4 is 0 Å². The van der Waals surface area contributed by atoms with Gasteiger partial charge in [0.15, 0.2) is 11.5 Å². The molecule has 5 aliphatic carbocycles. The van der Waals surface area contributed by atoms with E-state index < -0.39 is 56.4 Å². The predicted octanol–water partition coefficient (Wildman–Crippen LogP) is 6.79. The maximum absolute atomic E-state index is 14.0. The number of furan rings is 1. The number of allylic oxidation sites excluding steroid dienone is 4. The molecule has 11 heteroatoms. The molecule has 11 nitrogen and oxygen atoms in total. The van der Waals surface area contributed by atoms with Gasteiger partial charge in [-0.1, -0.05) is 19.9 Å². The zero-order chi connectivity index (χ0) is 38.5. The third-order valence-corrected chi connectivity index (χ3v) is 14.0. The monoisotopic (exact) mass is 722 g/mol. The fourth-order valence-corrected chi connectivity index (χ4v) is 11.5. The Morgan fingerprint density at radius 3 is 1.89 bits per heavy atom. The molecule has 53 heavy (non-hydrogen) atoms. The zero-order valence-corrected chi connectivity index (χ0v) is 30.6. The molecule has 5 N–H and O–H groups in total. The lowest BCUT2D eigenvalue weighted by molar-refractivity contribution is -0.162. The van der Waals surface area contributed by atoms with Gasteiger partial charge in [0.05, 0.1) is 51.7 Å². The van der Waals surface area contributed by atoms with Gasteiger partial charge in [-0.2, -0.15) is 0 Å². The lowest BCUT2D eigenvalue weighted by atomic mass is 9.39. The molecule has 2 aromatic carbocycles. The van der Waals surface area contributed by atoms with E-state index in [1.165, 1.54) is 19.4 Å². The number of aliphatic hydroxyl groups excluding tert-OH is 1. The molecular weight excluding hydrogens is 680 g/mol. The molecule has 0 bridgehead atoms. The van der Waals surface area contributed by atoms with Crippen LogP contribution in [-0.4, -0.2) is 60.4 Å². The summed E-state index contributed by atoms with van der Waals surface area (Å²) < 4.78 is 11.9. The summed E-state index contributed by atoms with van der Waals surface area (Å²) in [5, 5.41) is 51.4. The molecule has 1 aliphatic heterocycles. The Morgan fingerprint density at radius 2 is 1.36 bits per heavy atom. The number of carbonyl (C=O) groups is 4. The lowest BCUT2D eigenvalue weighted by Gasteiger charge is -2.62. The number of aliphatic hydroxyl groups is 1. The highest BCUT2D eigenvalue weighted by Crippen LogP contribution is 2.81. The smallest absolute Gasteiger partial charge is 0.206 e. The first-order valence-corrected chi connectivity index (χ1v) is 17.8. The van der Waals surface area contributed by atoms with Crippen LogP contribution in [0, 0.1) is 41.4 Å². The van der Waals surface area contributed by atoms with Crippen LogP contribution in [0.4, 0.5) is 0 Å². The van der Waals surface area contributed by atoms with Crippen LogP contribution in [0.15, 0.2) is 58.6 Å². The Balaban J connectivity index is 0.000000161. The summed E-state index contributed by atoms with van der Waals surface area (Å²) in [6, 6.07) is 4.36. The number of epoxide rings is 1. The third kappa shape index (κ3) is 3.93. The predicted molar refractivity (Wildman–Crippen MR) is 189 cm³/mol. The SMILES string of the molecule is CC1(C)C(=O)C=CC2(C)C1=C(O)C(=O)C1(C)C2CCC2(C)C(c3ccoc3)CC3OC321.Cc1cc(O)c2c(c1O)C(=O)c1c(O)cc(C)c(O)c1C2=O. The van der Waals surface area contributed by atoms with Gasteiger partial charge in [-0.25, -0.2) is 0 Å². The second-order valence-electron chi connectivity index (χ2n) is 16.8. The van der Waals surface area contributed by atoms with Crippen molar-refractivity contribution in [1.82, 2.24) is 0 Å². The number of hydrogen-bond donors (Lipinski definition) is 5. The van der Waals surface area contributed by atoms with Crippen molar-refractivity contribution < 1.29 is 53.9 Å². The number of carbonyl (C=O) groups excluding carboxylic acids is 4. The lowest BCUT2D eigenvalue weighted by Crippen LogP contribution is -2.66. The van der Waals surface area contributed by atoms with Crippen LogP contribution in [-0.2, 0) is 14.3 Å². The van der Waals surface area contributed by atoms with E-state index in [9.17, 15) is 44.7 Å². The molecule has 0 amide bonds. The number of phenols is 4. The summed E-state index contributed by atoms with van der Waals surface area (Å²) in [6.45, 7) is 13.0. The van der Waals surface area contributed by atoms with Crippen molar-refractivity contribution in [3.8, 4) is 23.0 Å². The molecule has 0 radical (unpaired) electrons. The van der Waals surface area contributed by atoms with Crippen molar-refractivity contribution in [3.05, 3.63) is 93.2 Å². The largest absolute Gasteiger partial charge is 0.507 e. The number of Topliss-reactive ketones (excluding diaryl/α,β-unsaturated/α-hetero) is 1. The Labute approximate surface area is 305 Å². The zero-order valence-electron chi connectivity index (χ0n) is 30.6. The van der Waals surface area contributed by atoms with Gasteiger partial charge >= 0.3 is 0 Å². The Hall–Kier alpha value is -5.16. The highest BCUT2D eigenvalue weighted by Gasteiger charge is 2.87. The minimum Gasteiger partial charge on any atom is -0.507 e. The molecule has 3 aromatic rings. The Bertz CT molecular complexity index is 2220. The molecule has 7 unspecified atom stereocenters. The van der Waals surface area contributed by atoms with Crippen LogP contribution in [0.5, 0.6) is 23.0 Å². The van der Waals surface area contributed by atoms with Gasteiger partial charge in [-0.05, 0) is 112 Å². The fourth-order valence-electron chi connectivity index (χ4n) is 11.5. The van der Waals surface area contributed by atoms with Gasteiger partial charge < -0.3 is 34.7 Å². The molecule has 276 valence electrons. The maximum Gasteiger partial charge on any atom is 0.206 e. The number of aromatic hydroxyl groups is 4. The highest BCUT2D eigenvalue weighted by molar-refractivity contribution is 6.32. The summed E-state index contributed by atoms with van der Waals surface area (Å²) in [5.74, 6) is -3.76. The number of fused-ring (bicyclic) bond motifs is 5. The Morgan fingerprint density at radius 1 is 0.792 bits per heavy atom. The van der Waals surface area contributed by atoms with Crippen molar-refractivity contribution >= 4 is 23.1 Å². The number of aryl methyl sites for hydroxylation is 2. The molecule has 9 rings (SSSR count). The van der Waals surface area contributed by atoms with Gasteiger partial charge in [0.1, 0.15) is 28.6 Å². The summed E-state index contributed by atoms with van der Waals surface area (Å²) >= 11 is 0. The van der Waals surface area contributed by atoms with Crippen molar-refractivity contribution in [2.24, 2.45) is 27.6 Å². The van der Waals surface area contributed by atoms with Gasteiger partial charge in [-0.3, -0.25) is 19.2 Å². The van der Waals surface area contributed by atoms with E-state index in [2.05, 4.69) is 13.8 Å². The number of ketones is 4. The van der Waals surface area contributed by atoms with Gasteiger partial charge in [0.25, 0.3) is 0 Å². The molecule has 2 heterocycles. The second kappa shape index (κ2) is 10.5. The van der Waals surface area contributed by atoms with E-state index in [1.807, 2.05) is 39.2 Å². The molecule has 7 atom stereocenters.